The SMILES string of the molecule is CC(C)OC(=O)C(C(=O)Nc1ccccn1)=C1SC=CS1. The lowest BCUT2D eigenvalue weighted by Gasteiger charge is -2.12. The minimum absolute atomic E-state index is 0.00866. The van der Waals surface area contributed by atoms with E-state index in [1.54, 1.807) is 38.2 Å². The Morgan fingerprint density at radius 1 is 1.24 bits per heavy atom. The number of amides is 1. The van der Waals surface area contributed by atoms with E-state index in [0.29, 0.717) is 10.1 Å². The molecule has 0 saturated heterocycles. The molecule has 7 heteroatoms. The summed E-state index contributed by atoms with van der Waals surface area (Å²) in [4.78, 5) is 28.5. The number of ether oxygens (including phenoxy) is 1. The van der Waals surface area contributed by atoms with Gasteiger partial charge < -0.3 is 10.1 Å². The van der Waals surface area contributed by atoms with Gasteiger partial charge in [-0.2, -0.15) is 0 Å². The highest BCUT2D eigenvalue weighted by molar-refractivity contribution is 8.27. The van der Waals surface area contributed by atoms with Crippen LogP contribution in [0.25, 0.3) is 0 Å². The number of rotatable bonds is 4. The summed E-state index contributed by atoms with van der Waals surface area (Å²) >= 11 is 2.65. The Bertz CT molecular complexity index is 587. The zero-order valence-electron chi connectivity index (χ0n) is 11.5. The molecule has 0 spiro atoms. The average molecular weight is 322 g/mol. The van der Waals surface area contributed by atoms with Gasteiger partial charge in [0, 0.05) is 6.20 Å². The monoisotopic (exact) mass is 322 g/mol. The maximum Gasteiger partial charge on any atom is 0.345 e. The van der Waals surface area contributed by atoms with Crippen LogP contribution in [0.1, 0.15) is 13.8 Å². The molecule has 0 unspecified atom stereocenters. The van der Waals surface area contributed by atoms with Crippen molar-refractivity contribution in [3.05, 3.63) is 45.0 Å². The van der Waals surface area contributed by atoms with Gasteiger partial charge in [-0.3, -0.25) is 4.79 Å². The van der Waals surface area contributed by atoms with E-state index in [1.807, 2.05) is 10.8 Å². The Balaban J connectivity index is 2.21. The quantitative estimate of drug-likeness (QED) is 0.397. The molecule has 0 radical (unpaired) electrons. The van der Waals surface area contributed by atoms with E-state index in [-0.39, 0.29) is 11.7 Å². The van der Waals surface area contributed by atoms with Gasteiger partial charge in [0.2, 0.25) is 0 Å². The van der Waals surface area contributed by atoms with Crippen molar-refractivity contribution < 1.29 is 14.3 Å². The normalized spacial score (nSPS) is 13.4. The lowest BCUT2D eigenvalue weighted by molar-refractivity contribution is -0.143. The van der Waals surface area contributed by atoms with Crippen molar-refractivity contribution in [3.63, 3.8) is 0 Å². The molecule has 2 heterocycles. The molecule has 2 rings (SSSR count). The molecule has 1 amide bonds. The molecule has 0 aliphatic carbocycles. The predicted molar refractivity (Wildman–Crippen MR) is 85.4 cm³/mol. The summed E-state index contributed by atoms with van der Waals surface area (Å²) < 4.78 is 5.76. The number of thioether (sulfide) groups is 2. The van der Waals surface area contributed by atoms with Crippen LogP contribution in [0.2, 0.25) is 0 Å². The Morgan fingerprint density at radius 2 is 1.95 bits per heavy atom. The second kappa shape index (κ2) is 7.33. The fraction of sp³-hybridized carbons (Fsp3) is 0.214. The van der Waals surface area contributed by atoms with Crippen LogP contribution in [0.5, 0.6) is 0 Å². The highest BCUT2D eigenvalue weighted by atomic mass is 32.2. The van der Waals surface area contributed by atoms with Gasteiger partial charge in [0.1, 0.15) is 11.4 Å². The summed E-state index contributed by atoms with van der Waals surface area (Å²) in [7, 11) is 0. The summed E-state index contributed by atoms with van der Waals surface area (Å²) in [6.45, 7) is 3.48. The van der Waals surface area contributed by atoms with Crippen LogP contribution in [0.3, 0.4) is 0 Å². The third-order valence-electron chi connectivity index (χ3n) is 2.29. The summed E-state index contributed by atoms with van der Waals surface area (Å²) in [5.74, 6) is -0.755. The van der Waals surface area contributed by atoms with Crippen LogP contribution in [0.4, 0.5) is 5.82 Å². The molecule has 0 fully saturated rings. The second-order valence-corrected chi connectivity index (χ2v) is 6.38. The van der Waals surface area contributed by atoms with Crippen molar-refractivity contribution in [2.75, 3.05) is 5.32 Å². The molecule has 0 aromatic carbocycles. The Labute approximate surface area is 131 Å². The number of nitrogens with zero attached hydrogens (tertiary/aromatic N) is 1. The molecule has 110 valence electrons. The lowest BCUT2D eigenvalue weighted by Crippen LogP contribution is -2.25. The maximum absolute atomic E-state index is 12.4. The van der Waals surface area contributed by atoms with Gasteiger partial charge in [0.25, 0.3) is 5.91 Å². The summed E-state index contributed by atoms with van der Waals surface area (Å²) in [5.41, 5.74) is 0.00866. The third kappa shape index (κ3) is 4.37. The Kier molecular flexibility index (Phi) is 5.46. The Hall–Kier alpha value is -1.73. The van der Waals surface area contributed by atoms with Crippen molar-refractivity contribution in [1.29, 1.82) is 0 Å². The lowest BCUT2D eigenvalue weighted by atomic mass is 10.3. The van der Waals surface area contributed by atoms with Crippen molar-refractivity contribution in [2.24, 2.45) is 0 Å². The molecule has 21 heavy (non-hydrogen) atoms. The first-order chi connectivity index (χ1) is 10.1. The zero-order chi connectivity index (χ0) is 15.2. The zero-order valence-corrected chi connectivity index (χ0v) is 13.2. The van der Waals surface area contributed by atoms with Gasteiger partial charge in [0.15, 0.2) is 0 Å². The second-order valence-electron chi connectivity index (χ2n) is 4.29. The van der Waals surface area contributed by atoms with Crippen LogP contribution in [0, 0.1) is 0 Å². The molecule has 1 aromatic heterocycles. The number of carbonyl (C=O) groups is 2. The summed E-state index contributed by atoms with van der Waals surface area (Å²) in [5, 5.41) is 6.24. The van der Waals surface area contributed by atoms with Crippen LogP contribution < -0.4 is 5.32 Å². The fourth-order valence-corrected chi connectivity index (χ4v) is 3.32. The standard InChI is InChI=1S/C14H14N2O3S2/c1-9(2)19-13(18)11(14-20-7-8-21-14)12(17)16-10-5-3-4-6-15-10/h3-9H,1-2H3,(H,15,16,17). The predicted octanol–water partition coefficient (Wildman–Crippen LogP) is 3.13. The molecule has 1 aliphatic heterocycles. The van der Waals surface area contributed by atoms with Gasteiger partial charge in [-0.1, -0.05) is 29.6 Å². The number of pyridine rings is 1. The van der Waals surface area contributed by atoms with Crippen molar-refractivity contribution in [2.45, 2.75) is 20.0 Å². The minimum atomic E-state index is -0.628. The van der Waals surface area contributed by atoms with Crippen LogP contribution >= 0.6 is 23.5 Å². The molecule has 5 nitrogen and oxygen atoms in total. The highest BCUT2D eigenvalue weighted by Gasteiger charge is 2.27. The first-order valence-electron chi connectivity index (χ1n) is 6.24. The van der Waals surface area contributed by atoms with E-state index in [2.05, 4.69) is 10.3 Å². The molecule has 1 aliphatic rings. The topological polar surface area (TPSA) is 68.3 Å². The largest absolute Gasteiger partial charge is 0.459 e. The fourth-order valence-electron chi connectivity index (χ4n) is 1.48. The number of hydrogen-bond acceptors (Lipinski definition) is 6. The van der Waals surface area contributed by atoms with Crippen LogP contribution in [-0.4, -0.2) is 23.0 Å². The Morgan fingerprint density at radius 3 is 2.52 bits per heavy atom. The average Bonchev–Trinajstić information content (AvgIpc) is 2.93. The van der Waals surface area contributed by atoms with E-state index in [0.717, 1.165) is 0 Å². The van der Waals surface area contributed by atoms with Crippen LogP contribution in [0.15, 0.2) is 45.0 Å². The number of aromatic nitrogens is 1. The molecular weight excluding hydrogens is 308 g/mol. The van der Waals surface area contributed by atoms with Crippen molar-refractivity contribution in [3.8, 4) is 0 Å². The first kappa shape index (κ1) is 15.7. The third-order valence-corrected chi connectivity index (χ3v) is 4.42. The van der Waals surface area contributed by atoms with E-state index in [4.69, 9.17) is 4.74 Å². The van der Waals surface area contributed by atoms with Crippen LogP contribution in [-0.2, 0) is 14.3 Å². The summed E-state index contributed by atoms with van der Waals surface area (Å²) in [6.07, 6.45) is 1.27. The van der Waals surface area contributed by atoms with Gasteiger partial charge in [-0.15, -0.1) is 0 Å². The smallest absolute Gasteiger partial charge is 0.345 e. The molecule has 0 bridgehead atoms. The van der Waals surface area contributed by atoms with Gasteiger partial charge in [0.05, 0.1) is 10.3 Å². The molecular formula is C14H14N2O3S2. The van der Waals surface area contributed by atoms with E-state index < -0.39 is 11.9 Å². The van der Waals surface area contributed by atoms with E-state index in [9.17, 15) is 9.59 Å². The number of anilines is 1. The van der Waals surface area contributed by atoms with Crippen molar-refractivity contribution in [1.82, 2.24) is 4.98 Å². The number of esters is 1. The molecule has 1 N–H and O–H groups in total. The number of carbonyl (C=O) groups excluding carboxylic acids is 2. The first-order valence-corrected chi connectivity index (χ1v) is 8.00. The van der Waals surface area contributed by atoms with Gasteiger partial charge in [-0.25, -0.2) is 9.78 Å². The van der Waals surface area contributed by atoms with Gasteiger partial charge >= 0.3 is 5.97 Å². The maximum atomic E-state index is 12.4. The summed E-state index contributed by atoms with van der Waals surface area (Å²) in [6, 6.07) is 5.15. The highest BCUT2D eigenvalue weighted by Crippen LogP contribution is 2.40. The number of hydrogen-bond donors (Lipinski definition) is 1. The molecule has 0 saturated carbocycles. The van der Waals surface area contributed by atoms with E-state index in [1.165, 1.54) is 23.5 Å². The van der Waals surface area contributed by atoms with Crippen molar-refractivity contribution >= 4 is 41.2 Å². The molecule has 1 aromatic rings. The molecule has 0 atom stereocenters. The van der Waals surface area contributed by atoms with E-state index >= 15 is 0 Å². The number of nitrogens with one attached hydrogen (secondary N) is 1. The minimum Gasteiger partial charge on any atom is -0.459 e. The van der Waals surface area contributed by atoms with Gasteiger partial charge in [-0.05, 0) is 36.8 Å².